The number of nitrogens with zero attached hydrogens (tertiary/aromatic N) is 1. The summed E-state index contributed by atoms with van der Waals surface area (Å²) in [5, 5.41) is 3.06. The van der Waals surface area contributed by atoms with E-state index in [1.807, 2.05) is 20.8 Å². The summed E-state index contributed by atoms with van der Waals surface area (Å²) in [5.41, 5.74) is 4.18. The van der Waals surface area contributed by atoms with Crippen molar-refractivity contribution >= 4 is 17.6 Å². The summed E-state index contributed by atoms with van der Waals surface area (Å²) in [5.74, 6) is -0.582. The number of benzene rings is 1. The lowest BCUT2D eigenvalue weighted by Gasteiger charge is -2.41. The van der Waals surface area contributed by atoms with Gasteiger partial charge in [0.1, 0.15) is 5.60 Å². The number of piperidine rings is 1. The van der Waals surface area contributed by atoms with Crippen LogP contribution < -0.4 is 5.32 Å². The van der Waals surface area contributed by atoms with Crippen molar-refractivity contribution in [2.75, 3.05) is 18.4 Å². The van der Waals surface area contributed by atoms with E-state index in [4.69, 9.17) is 4.74 Å². The molecule has 2 aliphatic rings. The van der Waals surface area contributed by atoms with Gasteiger partial charge in [0, 0.05) is 43.2 Å². The van der Waals surface area contributed by atoms with Gasteiger partial charge in [-0.15, -0.1) is 0 Å². The Labute approximate surface area is 161 Å². The lowest BCUT2D eigenvalue weighted by Crippen LogP contribution is -2.49. The zero-order valence-electron chi connectivity index (χ0n) is 17.2. The Morgan fingerprint density at radius 2 is 1.67 bits per heavy atom. The molecular formula is C22H30N2O3. The Hall–Kier alpha value is -2.14. The van der Waals surface area contributed by atoms with Crippen LogP contribution in [0.15, 0.2) is 23.3 Å². The molecule has 5 nitrogen and oxygen atoms in total. The van der Waals surface area contributed by atoms with Crippen LogP contribution in [0.1, 0.15) is 50.3 Å². The molecule has 2 heterocycles. The average molecular weight is 370 g/mol. The number of carbonyl (C=O) groups is 2. The van der Waals surface area contributed by atoms with Crippen molar-refractivity contribution in [1.29, 1.82) is 0 Å². The van der Waals surface area contributed by atoms with E-state index < -0.39 is 5.60 Å². The summed E-state index contributed by atoms with van der Waals surface area (Å²) >= 11 is 0. The molecule has 1 N–H and O–H groups in total. The van der Waals surface area contributed by atoms with Crippen molar-refractivity contribution in [2.24, 2.45) is 0 Å². The number of ether oxygens (including phenoxy) is 1. The molecule has 2 aliphatic heterocycles. The lowest BCUT2D eigenvalue weighted by atomic mass is 9.82. The van der Waals surface area contributed by atoms with Crippen molar-refractivity contribution in [3.8, 4) is 0 Å². The Morgan fingerprint density at radius 1 is 1.11 bits per heavy atom. The highest BCUT2D eigenvalue weighted by Gasteiger charge is 2.51. The van der Waals surface area contributed by atoms with Gasteiger partial charge in [0.15, 0.2) is 0 Å². The molecule has 0 saturated carbocycles. The van der Waals surface area contributed by atoms with Crippen molar-refractivity contribution < 1.29 is 14.3 Å². The van der Waals surface area contributed by atoms with Crippen LogP contribution in [0.5, 0.6) is 0 Å². The van der Waals surface area contributed by atoms with Crippen LogP contribution in [0.2, 0.25) is 0 Å². The third kappa shape index (κ3) is 3.53. The number of rotatable bonds is 3. The fraction of sp³-hybridized carbons (Fsp3) is 0.545. The van der Waals surface area contributed by atoms with Crippen molar-refractivity contribution in [3.63, 3.8) is 0 Å². The second-order valence-corrected chi connectivity index (χ2v) is 8.24. The molecule has 1 fully saturated rings. The fourth-order valence-electron chi connectivity index (χ4n) is 4.43. The van der Waals surface area contributed by atoms with E-state index in [-0.39, 0.29) is 11.9 Å². The van der Waals surface area contributed by atoms with Gasteiger partial charge in [-0.2, -0.15) is 0 Å². The number of likely N-dealkylation sites (tertiary alicyclic amines) is 1. The molecule has 1 aromatic rings. The number of carbonyl (C=O) groups excluding carboxylic acids is 2. The van der Waals surface area contributed by atoms with Crippen molar-refractivity contribution in [2.45, 2.75) is 66.0 Å². The largest absolute Gasteiger partial charge is 0.450 e. The Balaban J connectivity index is 1.89. The third-order valence-corrected chi connectivity index (χ3v) is 5.90. The highest BCUT2D eigenvalue weighted by atomic mass is 16.6. The van der Waals surface area contributed by atoms with Gasteiger partial charge in [-0.05, 0) is 52.7 Å². The molecular weight excluding hydrogens is 340 g/mol. The summed E-state index contributed by atoms with van der Waals surface area (Å²) in [6.07, 6.45) is 1.31. The quantitative estimate of drug-likeness (QED) is 0.825. The fourth-order valence-corrected chi connectivity index (χ4v) is 4.43. The molecule has 0 atom stereocenters. The first-order valence-corrected chi connectivity index (χ1v) is 9.72. The summed E-state index contributed by atoms with van der Waals surface area (Å²) in [6, 6.07) is 4.55. The predicted molar refractivity (Wildman–Crippen MR) is 107 cm³/mol. The topological polar surface area (TPSA) is 58.6 Å². The van der Waals surface area contributed by atoms with Gasteiger partial charge in [0.25, 0.3) is 5.91 Å². The molecule has 1 saturated heterocycles. The first-order chi connectivity index (χ1) is 12.6. The van der Waals surface area contributed by atoms with Crippen molar-refractivity contribution in [1.82, 2.24) is 4.90 Å². The first-order valence-electron chi connectivity index (χ1n) is 9.72. The van der Waals surface area contributed by atoms with Gasteiger partial charge in [-0.25, -0.2) is 4.79 Å². The van der Waals surface area contributed by atoms with E-state index in [2.05, 4.69) is 36.2 Å². The molecule has 0 unspecified atom stereocenters. The van der Waals surface area contributed by atoms with Crippen LogP contribution in [0.25, 0.3) is 0 Å². The Morgan fingerprint density at radius 3 is 2.19 bits per heavy atom. The maximum atomic E-state index is 13.2. The van der Waals surface area contributed by atoms with Crippen LogP contribution in [0.3, 0.4) is 0 Å². The predicted octanol–water partition coefficient (Wildman–Crippen LogP) is 3.67. The van der Waals surface area contributed by atoms with Gasteiger partial charge in [0.2, 0.25) is 0 Å². The van der Waals surface area contributed by atoms with E-state index in [0.29, 0.717) is 30.0 Å². The Bertz CT molecular complexity index is 792. The molecule has 146 valence electrons. The summed E-state index contributed by atoms with van der Waals surface area (Å²) in [4.78, 5) is 27.9. The number of esters is 1. The van der Waals surface area contributed by atoms with E-state index >= 15 is 0 Å². The average Bonchev–Trinajstić information content (AvgIpc) is 2.81. The molecule has 0 aliphatic carbocycles. The molecule has 0 radical (unpaired) electrons. The van der Waals surface area contributed by atoms with E-state index in [0.717, 1.165) is 35.5 Å². The number of hydrogen-bond acceptors (Lipinski definition) is 4. The number of anilines is 1. The first kappa shape index (κ1) is 19.6. The normalized spacial score (nSPS) is 19.7. The van der Waals surface area contributed by atoms with Gasteiger partial charge < -0.3 is 15.0 Å². The van der Waals surface area contributed by atoms with Crippen LogP contribution in [0.4, 0.5) is 5.69 Å². The molecule has 1 aromatic carbocycles. The number of nitrogens with one attached hydrogen (secondary N) is 1. The monoisotopic (exact) mass is 370 g/mol. The van der Waals surface area contributed by atoms with Gasteiger partial charge in [-0.3, -0.25) is 4.79 Å². The standard InChI is InChI=1S/C22H30N2O3/c1-13(2)24-9-7-22(8-10-24)18(17(6)21(26)27-22)20(25)23-19-15(4)11-14(3)12-16(19)5/h11-13H,7-10H2,1-6H3,(H,23,25). The highest BCUT2D eigenvalue weighted by molar-refractivity contribution is 6.13. The zero-order chi connectivity index (χ0) is 19.9. The molecule has 27 heavy (non-hydrogen) atoms. The Kier molecular flexibility index (Phi) is 5.17. The van der Waals surface area contributed by atoms with E-state index in [1.165, 1.54) is 0 Å². The smallest absolute Gasteiger partial charge is 0.335 e. The van der Waals surface area contributed by atoms with Gasteiger partial charge in [0.05, 0.1) is 5.57 Å². The molecule has 1 spiro atoms. The maximum Gasteiger partial charge on any atom is 0.335 e. The number of amides is 1. The minimum atomic E-state index is -0.789. The molecule has 0 bridgehead atoms. The second-order valence-electron chi connectivity index (χ2n) is 8.24. The molecule has 1 amide bonds. The molecule has 5 heteroatoms. The third-order valence-electron chi connectivity index (χ3n) is 5.90. The molecule has 3 rings (SSSR count). The van der Waals surface area contributed by atoms with Gasteiger partial charge in [-0.1, -0.05) is 17.7 Å². The lowest BCUT2D eigenvalue weighted by molar-refractivity contribution is -0.151. The van der Waals surface area contributed by atoms with Crippen LogP contribution in [-0.2, 0) is 14.3 Å². The summed E-state index contributed by atoms with van der Waals surface area (Å²) in [7, 11) is 0. The minimum absolute atomic E-state index is 0.216. The van der Waals surface area contributed by atoms with Gasteiger partial charge >= 0.3 is 5.97 Å². The second kappa shape index (κ2) is 7.12. The minimum Gasteiger partial charge on any atom is -0.450 e. The SMILES string of the molecule is CC1=C(C(=O)Nc2c(C)cc(C)cc2C)C2(CCN(C(C)C)CC2)OC1=O. The van der Waals surface area contributed by atoms with E-state index in [9.17, 15) is 9.59 Å². The van der Waals surface area contributed by atoms with Crippen LogP contribution in [0, 0.1) is 20.8 Å². The van der Waals surface area contributed by atoms with Crippen LogP contribution >= 0.6 is 0 Å². The number of aryl methyl sites for hydroxylation is 3. The number of hydrogen-bond donors (Lipinski definition) is 1. The summed E-state index contributed by atoms with van der Waals surface area (Å²) < 4.78 is 5.78. The summed E-state index contributed by atoms with van der Waals surface area (Å²) in [6.45, 7) is 13.7. The highest BCUT2D eigenvalue weighted by Crippen LogP contribution is 2.42. The maximum absolute atomic E-state index is 13.2. The van der Waals surface area contributed by atoms with E-state index in [1.54, 1.807) is 6.92 Å². The van der Waals surface area contributed by atoms with Crippen molar-refractivity contribution in [3.05, 3.63) is 40.0 Å². The molecule has 0 aromatic heterocycles. The van der Waals surface area contributed by atoms with Crippen LogP contribution in [-0.4, -0.2) is 41.5 Å². The zero-order valence-corrected chi connectivity index (χ0v) is 17.2.